The van der Waals surface area contributed by atoms with Crippen molar-refractivity contribution in [2.45, 2.75) is 12.5 Å². The summed E-state index contributed by atoms with van der Waals surface area (Å²) in [5, 5.41) is 3.37. The molecule has 66 valence electrons. The van der Waals surface area contributed by atoms with Crippen molar-refractivity contribution >= 4 is 28.3 Å². The predicted octanol–water partition coefficient (Wildman–Crippen LogP) is 2.91. The molecular formula is C9H11BrClN. The van der Waals surface area contributed by atoms with Gasteiger partial charge in [-0.15, -0.1) is 12.4 Å². The topological polar surface area (TPSA) is 12.0 Å². The van der Waals surface area contributed by atoms with Gasteiger partial charge in [0, 0.05) is 10.5 Å². The molecule has 1 aliphatic rings. The monoisotopic (exact) mass is 247 g/mol. The zero-order valence-electron chi connectivity index (χ0n) is 6.59. The van der Waals surface area contributed by atoms with Crippen molar-refractivity contribution in [1.29, 1.82) is 0 Å². The summed E-state index contributed by atoms with van der Waals surface area (Å²) in [6, 6.07) is 8.98. The molecule has 1 saturated heterocycles. The summed E-state index contributed by atoms with van der Waals surface area (Å²) in [6.07, 6.45) is 1.27. The Kier molecular flexibility index (Phi) is 3.56. The van der Waals surface area contributed by atoms with E-state index in [-0.39, 0.29) is 12.4 Å². The summed E-state index contributed by atoms with van der Waals surface area (Å²) < 4.78 is 1.22. The largest absolute Gasteiger partial charge is 0.310 e. The van der Waals surface area contributed by atoms with Crippen molar-refractivity contribution in [3.05, 3.63) is 34.3 Å². The highest BCUT2D eigenvalue weighted by molar-refractivity contribution is 9.10. The lowest BCUT2D eigenvalue weighted by Gasteiger charge is -2.28. The molecule has 1 aromatic carbocycles. The first kappa shape index (κ1) is 10.0. The van der Waals surface area contributed by atoms with E-state index in [9.17, 15) is 0 Å². The van der Waals surface area contributed by atoms with Crippen molar-refractivity contribution in [2.24, 2.45) is 0 Å². The second kappa shape index (κ2) is 4.26. The van der Waals surface area contributed by atoms with Crippen molar-refractivity contribution < 1.29 is 0 Å². The Morgan fingerprint density at radius 2 is 2.00 bits per heavy atom. The molecule has 3 heteroatoms. The smallest absolute Gasteiger partial charge is 0.0343 e. The summed E-state index contributed by atoms with van der Waals surface area (Å²) in [6.45, 7) is 1.16. The van der Waals surface area contributed by atoms with Gasteiger partial charge in [-0.05, 0) is 24.6 Å². The highest BCUT2D eigenvalue weighted by atomic mass is 79.9. The zero-order chi connectivity index (χ0) is 7.68. The van der Waals surface area contributed by atoms with Gasteiger partial charge in [-0.2, -0.15) is 0 Å². The molecular weight excluding hydrogens is 237 g/mol. The Hall–Kier alpha value is -0.0500. The van der Waals surface area contributed by atoms with Gasteiger partial charge in [-0.3, -0.25) is 0 Å². The molecule has 0 aliphatic carbocycles. The fourth-order valence-electron chi connectivity index (χ4n) is 1.31. The van der Waals surface area contributed by atoms with Gasteiger partial charge in [-0.25, -0.2) is 0 Å². The van der Waals surface area contributed by atoms with Crippen LogP contribution in [0.1, 0.15) is 18.0 Å². The molecule has 0 amide bonds. The third kappa shape index (κ3) is 1.82. The van der Waals surface area contributed by atoms with Crippen molar-refractivity contribution in [3.63, 3.8) is 0 Å². The minimum atomic E-state index is 0. The second-order valence-corrected chi connectivity index (χ2v) is 3.67. The van der Waals surface area contributed by atoms with E-state index in [0.717, 1.165) is 6.54 Å². The minimum absolute atomic E-state index is 0. The van der Waals surface area contributed by atoms with Crippen molar-refractivity contribution in [3.8, 4) is 0 Å². The predicted molar refractivity (Wildman–Crippen MR) is 56.8 cm³/mol. The van der Waals surface area contributed by atoms with Crippen LogP contribution in [0.25, 0.3) is 0 Å². The minimum Gasteiger partial charge on any atom is -0.310 e. The standard InChI is InChI=1S/C9H10BrN.ClH/c10-8-4-2-1-3-7(8)9-5-6-11-9;/h1-4,9,11H,5-6H2;1H. The molecule has 1 atom stereocenters. The number of hydrogen-bond acceptors (Lipinski definition) is 1. The number of hydrogen-bond donors (Lipinski definition) is 1. The maximum Gasteiger partial charge on any atom is 0.0343 e. The average Bonchev–Trinajstić information content (AvgIpc) is 1.90. The molecule has 1 aliphatic heterocycles. The zero-order valence-corrected chi connectivity index (χ0v) is 8.99. The van der Waals surface area contributed by atoms with Gasteiger partial charge in [0.2, 0.25) is 0 Å². The maximum absolute atomic E-state index is 3.53. The lowest BCUT2D eigenvalue weighted by atomic mass is 9.98. The van der Waals surface area contributed by atoms with E-state index in [1.165, 1.54) is 16.5 Å². The van der Waals surface area contributed by atoms with E-state index in [1.54, 1.807) is 0 Å². The number of nitrogens with one attached hydrogen (secondary N) is 1. The summed E-state index contributed by atoms with van der Waals surface area (Å²) in [7, 11) is 0. The Labute approximate surface area is 87.1 Å². The van der Waals surface area contributed by atoms with E-state index in [2.05, 4.69) is 39.4 Å². The molecule has 0 spiro atoms. The normalized spacial score (nSPS) is 20.9. The third-order valence-electron chi connectivity index (χ3n) is 2.10. The second-order valence-electron chi connectivity index (χ2n) is 2.82. The van der Waals surface area contributed by atoms with E-state index in [4.69, 9.17) is 0 Å². The molecule has 0 radical (unpaired) electrons. The Bertz CT molecular complexity index is 260. The van der Waals surface area contributed by atoms with E-state index >= 15 is 0 Å². The van der Waals surface area contributed by atoms with Crippen LogP contribution < -0.4 is 5.32 Å². The van der Waals surface area contributed by atoms with Gasteiger partial charge in [0.1, 0.15) is 0 Å². The molecule has 2 rings (SSSR count). The highest BCUT2D eigenvalue weighted by Crippen LogP contribution is 2.28. The van der Waals surface area contributed by atoms with Crippen LogP contribution in [0, 0.1) is 0 Å². The van der Waals surface area contributed by atoms with Gasteiger partial charge in [0.15, 0.2) is 0 Å². The fourth-order valence-corrected chi connectivity index (χ4v) is 1.87. The third-order valence-corrected chi connectivity index (χ3v) is 2.83. The average molecular weight is 249 g/mol. The molecule has 1 unspecified atom stereocenters. The first-order chi connectivity index (χ1) is 5.38. The van der Waals surface area contributed by atoms with E-state index < -0.39 is 0 Å². The first-order valence-electron chi connectivity index (χ1n) is 3.86. The molecule has 0 saturated carbocycles. The first-order valence-corrected chi connectivity index (χ1v) is 4.65. The van der Waals surface area contributed by atoms with E-state index in [1.807, 2.05) is 6.07 Å². The van der Waals surface area contributed by atoms with Crippen LogP contribution in [0.5, 0.6) is 0 Å². The van der Waals surface area contributed by atoms with Crippen molar-refractivity contribution in [1.82, 2.24) is 5.32 Å². The summed E-state index contributed by atoms with van der Waals surface area (Å²) >= 11 is 3.53. The molecule has 1 nitrogen and oxygen atoms in total. The van der Waals surface area contributed by atoms with Crippen LogP contribution in [0.4, 0.5) is 0 Å². The molecule has 0 aromatic heterocycles. The highest BCUT2D eigenvalue weighted by Gasteiger charge is 2.19. The van der Waals surface area contributed by atoms with Crippen LogP contribution in [0.15, 0.2) is 28.7 Å². The maximum atomic E-state index is 3.53. The molecule has 1 fully saturated rings. The molecule has 0 bridgehead atoms. The van der Waals surface area contributed by atoms with Gasteiger partial charge in [-0.1, -0.05) is 34.1 Å². The van der Waals surface area contributed by atoms with E-state index in [0.29, 0.717) is 6.04 Å². The van der Waals surface area contributed by atoms with Crippen LogP contribution in [-0.4, -0.2) is 6.54 Å². The van der Waals surface area contributed by atoms with Crippen LogP contribution in [-0.2, 0) is 0 Å². The Balaban J connectivity index is 0.000000720. The number of benzene rings is 1. The number of rotatable bonds is 1. The Morgan fingerprint density at radius 1 is 1.33 bits per heavy atom. The summed E-state index contributed by atoms with van der Waals surface area (Å²) in [5.74, 6) is 0. The lowest BCUT2D eigenvalue weighted by Crippen LogP contribution is -2.35. The van der Waals surface area contributed by atoms with Crippen LogP contribution in [0.2, 0.25) is 0 Å². The molecule has 1 aromatic rings. The fraction of sp³-hybridized carbons (Fsp3) is 0.333. The van der Waals surface area contributed by atoms with Crippen LogP contribution >= 0.6 is 28.3 Å². The van der Waals surface area contributed by atoms with Gasteiger partial charge in [0.25, 0.3) is 0 Å². The van der Waals surface area contributed by atoms with Gasteiger partial charge < -0.3 is 5.32 Å². The quantitative estimate of drug-likeness (QED) is 0.806. The SMILES string of the molecule is Brc1ccccc1C1CCN1.Cl. The van der Waals surface area contributed by atoms with Crippen LogP contribution in [0.3, 0.4) is 0 Å². The lowest BCUT2D eigenvalue weighted by molar-refractivity contribution is 0.382. The molecule has 12 heavy (non-hydrogen) atoms. The summed E-state index contributed by atoms with van der Waals surface area (Å²) in [5.41, 5.74) is 1.39. The summed E-state index contributed by atoms with van der Waals surface area (Å²) in [4.78, 5) is 0. The molecule has 1 heterocycles. The number of halogens is 2. The molecule has 1 N–H and O–H groups in total. The van der Waals surface area contributed by atoms with Crippen molar-refractivity contribution in [2.75, 3.05) is 6.54 Å². The van der Waals surface area contributed by atoms with Gasteiger partial charge in [0.05, 0.1) is 0 Å². The van der Waals surface area contributed by atoms with Gasteiger partial charge >= 0.3 is 0 Å². The Morgan fingerprint density at radius 3 is 2.50 bits per heavy atom.